The summed E-state index contributed by atoms with van der Waals surface area (Å²) in [7, 11) is 1.59. The van der Waals surface area contributed by atoms with Crippen molar-refractivity contribution < 1.29 is 14.3 Å². The van der Waals surface area contributed by atoms with Crippen molar-refractivity contribution in [2.24, 2.45) is 5.92 Å². The van der Waals surface area contributed by atoms with Crippen molar-refractivity contribution in [2.45, 2.75) is 19.8 Å². The molecule has 0 saturated carbocycles. The monoisotopic (exact) mass is 395 g/mol. The number of hydrogen-bond acceptors (Lipinski definition) is 4. The Balaban J connectivity index is 1.63. The fraction of sp³-hybridized carbons (Fsp3) is 0.391. The summed E-state index contributed by atoms with van der Waals surface area (Å²) >= 11 is 0. The topological polar surface area (TPSA) is 79.5 Å². The minimum atomic E-state index is -0.155. The van der Waals surface area contributed by atoms with E-state index in [2.05, 4.69) is 22.0 Å². The Morgan fingerprint density at radius 3 is 2.69 bits per heavy atom. The van der Waals surface area contributed by atoms with Crippen molar-refractivity contribution in [1.29, 1.82) is 0 Å². The number of aryl methyl sites for hydroxylation is 1. The zero-order chi connectivity index (χ0) is 20.6. The largest absolute Gasteiger partial charge is 0.383 e. The van der Waals surface area contributed by atoms with Gasteiger partial charge in [-0.2, -0.15) is 0 Å². The molecule has 1 heterocycles. The van der Waals surface area contributed by atoms with E-state index in [0.29, 0.717) is 35.9 Å². The first-order valence-electron chi connectivity index (χ1n) is 10.1. The third kappa shape index (κ3) is 5.89. The smallest absolute Gasteiger partial charge is 0.255 e. The van der Waals surface area contributed by atoms with Crippen LogP contribution < -0.4 is 16.0 Å². The summed E-state index contributed by atoms with van der Waals surface area (Å²) in [6.45, 7) is 4.92. The predicted octanol–water partition coefficient (Wildman–Crippen LogP) is 2.78. The third-order valence-electron chi connectivity index (χ3n) is 5.20. The maximum atomic E-state index is 12.7. The summed E-state index contributed by atoms with van der Waals surface area (Å²) in [6.07, 6.45) is 2.17. The van der Waals surface area contributed by atoms with Crippen LogP contribution in [0.1, 0.15) is 38.3 Å². The van der Waals surface area contributed by atoms with Crippen molar-refractivity contribution in [3.8, 4) is 0 Å². The first kappa shape index (κ1) is 21.0. The number of carbonyl (C=O) groups is 2. The third-order valence-corrected chi connectivity index (χ3v) is 5.20. The van der Waals surface area contributed by atoms with Gasteiger partial charge in [0.1, 0.15) is 0 Å². The van der Waals surface area contributed by atoms with E-state index < -0.39 is 0 Å². The zero-order valence-electron chi connectivity index (χ0n) is 17.1. The van der Waals surface area contributed by atoms with E-state index in [4.69, 9.17) is 4.74 Å². The number of anilines is 1. The van der Waals surface area contributed by atoms with Crippen molar-refractivity contribution >= 4 is 17.5 Å². The minimum absolute atomic E-state index is 0.142. The number of nitrogens with one attached hydrogen (secondary N) is 3. The van der Waals surface area contributed by atoms with Gasteiger partial charge >= 0.3 is 0 Å². The molecule has 0 aliphatic carbocycles. The van der Waals surface area contributed by atoms with Crippen LogP contribution in [0.5, 0.6) is 0 Å². The highest BCUT2D eigenvalue weighted by Gasteiger charge is 2.16. The molecule has 3 N–H and O–H groups in total. The first-order chi connectivity index (χ1) is 14.1. The van der Waals surface area contributed by atoms with E-state index in [9.17, 15) is 9.59 Å². The van der Waals surface area contributed by atoms with Gasteiger partial charge in [0.05, 0.1) is 6.61 Å². The van der Waals surface area contributed by atoms with Crippen LogP contribution >= 0.6 is 0 Å². The summed E-state index contributed by atoms with van der Waals surface area (Å²) in [5.74, 6) is 0.340. The number of benzene rings is 2. The van der Waals surface area contributed by atoms with E-state index in [-0.39, 0.29) is 11.8 Å². The Morgan fingerprint density at radius 1 is 1.14 bits per heavy atom. The molecule has 6 heteroatoms. The minimum Gasteiger partial charge on any atom is -0.383 e. The molecule has 0 radical (unpaired) electrons. The molecular weight excluding hydrogens is 366 g/mol. The SMILES string of the molecule is COCCNC(=O)c1ccc(NC(=O)c2cccc(CC3CCNC3)c2)c(C)c1. The van der Waals surface area contributed by atoms with E-state index in [1.54, 1.807) is 25.3 Å². The molecule has 0 aromatic heterocycles. The second-order valence-electron chi connectivity index (χ2n) is 7.50. The second kappa shape index (κ2) is 10.2. The van der Waals surface area contributed by atoms with Gasteiger partial charge in [0.15, 0.2) is 0 Å². The van der Waals surface area contributed by atoms with E-state index in [1.165, 1.54) is 12.0 Å². The molecule has 0 bridgehead atoms. The highest BCUT2D eigenvalue weighted by atomic mass is 16.5. The van der Waals surface area contributed by atoms with Crippen LogP contribution in [0.3, 0.4) is 0 Å². The van der Waals surface area contributed by atoms with Gasteiger partial charge in [-0.25, -0.2) is 0 Å². The van der Waals surface area contributed by atoms with Crippen LogP contribution in [0, 0.1) is 12.8 Å². The molecule has 1 aliphatic rings. The van der Waals surface area contributed by atoms with Crippen LogP contribution in [-0.4, -0.2) is 45.2 Å². The van der Waals surface area contributed by atoms with Crippen LogP contribution in [-0.2, 0) is 11.2 Å². The number of amides is 2. The van der Waals surface area contributed by atoms with Crippen molar-refractivity contribution in [3.63, 3.8) is 0 Å². The predicted molar refractivity (Wildman–Crippen MR) is 114 cm³/mol. The number of rotatable bonds is 8. The van der Waals surface area contributed by atoms with Gasteiger partial charge in [-0.3, -0.25) is 9.59 Å². The molecular formula is C23H29N3O3. The molecule has 2 amide bonds. The Labute approximate surface area is 172 Å². The average molecular weight is 396 g/mol. The quantitative estimate of drug-likeness (QED) is 0.601. The van der Waals surface area contributed by atoms with E-state index in [1.807, 2.05) is 25.1 Å². The van der Waals surface area contributed by atoms with Crippen molar-refractivity contribution in [3.05, 3.63) is 64.7 Å². The number of carbonyl (C=O) groups excluding carboxylic acids is 2. The van der Waals surface area contributed by atoms with E-state index >= 15 is 0 Å². The van der Waals surface area contributed by atoms with Gasteiger partial charge in [-0.05, 0) is 80.2 Å². The summed E-state index contributed by atoms with van der Waals surface area (Å²) in [5, 5.41) is 9.14. The second-order valence-corrected chi connectivity index (χ2v) is 7.50. The van der Waals surface area contributed by atoms with Crippen molar-refractivity contribution in [1.82, 2.24) is 10.6 Å². The molecule has 1 unspecified atom stereocenters. The lowest BCUT2D eigenvalue weighted by molar-refractivity contribution is 0.0936. The van der Waals surface area contributed by atoms with Crippen LogP contribution in [0.2, 0.25) is 0 Å². The highest BCUT2D eigenvalue weighted by molar-refractivity contribution is 6.05. The number of ether oxygens (including phenoxy) is 1. The molecule has 1 fully saturated rings. The summed E-state index contributed by atoms with van der Waals surface area (Å²) < 4.78 is 4.94. The van der Waals surface area contributed by atoms with Gasteiger partial charge in [0.25, 0.3) is 11.8 Å². The van der Waals surface area contributed by atoms with Crippen LogP contribution in [0.4, 0.5) is 5.69 Å². The van der Waals surface area contributed by atoms with Gasteiger partial charge in [-0.15, -0.1) is 0 Å². The lowest BCUT2D eigenvalue weighted by atomic mass is 9.97. The molecule has 3 rings (SSSR count). The molecule has 154 valence electrons. The van der Waals surface area contributed by atoms with E-state index in [0.717, 1.165) is 25.1 Å². The molecule has 6 nitrogen and oxygen atoms in total. The van der Waals surface area contributed by atoms with Crippen molar-refractivity contribution in [2.75, 3.05) is 38.7 Å². The molecule has 2 aromatic carbocycles. The molecule has 2 aromatic rings. The van der Waals surface area contributed by atoms with Crippen LogP contribution in [0.25, 0.3) is 0 Å². The molecule has 29 heavy (non-hydrogen) atoms. The summed E-state index contributed by atoms with van der Waals surface area (Å²) in [6, 6.07) is 13.1. The number of methoxy groups -OCH3 is 1. The fourth-order valence-electron chi connectivity index (χ4n) is 3.57. The molecule has 1 saturated heterocycles. The Hall–Kier alpha value is -2.70. The van der Waals surface area contributed by atoms with Gasteiger partial charge in [-0.1, -0.05) is 12.1 Å². The summed E-state index contributed by atoms with van der Waals surface area (Å²) in [5.41, 5.74) is 3.93. The normalized spacial score (nSPS) is 15.9. The average Bonchev–Trinajstić information content (AvgIpc) is 3.22. The summed E-state index contributed by atoms with van der Waals surface area (Å²) in [4.78, 5) is 24.9. The molecule has 1 aliphatic heterocycles. The Morgan fingerprint density at radius 2 is 1.97 bits per heavy atom. The Bertz CT molecular complexity index is 860. The first-order valence-corrected chi connectivity index (χ1v) is 10.1. The zero-order valence-corrected chi connectivity index (χ0v) is 17.1. The standard InChI is InChI=1S/C23H29N3O3/c1-16-12-20(22(27)25-10-11-29-2)6-7-21(16)26-23(28)19-5-3-4-17(14-19)13-18-8-9-24-15-18/h3-7,12,14,18,24H,8-11,13,15H2,1-2H3,(H,25,27)(H,26,28). The van der Waals surface area contributed by atoms with Crippen LogP contribution in [0.15, 0.2) is 42.5 Å². The maximum absolute atomic E-state index is 12.7. The molecule has 1 atom stereocenters. The highest BCUT2D eigenvalue weighted by Crippen LogP contribution is 2.20. The van der Waals surface area contributed by atoms with Gasteiger partial charge in [0, 0.05) is 30.5 Å². The lowest BCUT2D eigenvalue weighted by Crippen LogP contribution is -2.27. The lowest BCUT2D eigenvalue weighted by Gasteiger charge is -2.12. The number of hydrogen-bond donors (Lipinski definition) is 3. The molecule has 0 spiro atoms. The van der Waals surface area contributed by atoms with Gasteiger partial charge < -0.3 is 20.7 Å². The fourth-order valence-corrected chi connectivity index (χ4v) is 3.57. The van der Waals surface area contributed by atoms with Gasteiger partial charge in [0.2, 0.25) is 0 Å². The maximum Gasteiger partial charge on any atom is 0.255 e. The Kier molecular flexibility index (Phi) is 7.38.